The predicted molar refractivity (Wildman–Crippen MR) is 143 cm³/mol. The van der Waals surface area contributed by atoms with Crippen LogP contribution in [0.25, 0.3) is 16.4 Å². The largest absolute Gasteiger partial charge is 0.382 e. The van der Waals surface area contributed by atoms with E-state index < -0.39 is 0 Å². The maximum absolute atomic E-state index is 13.3. The highest BCUT2D eigenvalue weighted by Gasteiger charge is 2.36. The number of nitrogens with two attached hydrogens (primary N) is 1. The third kappa shape index (κ3) is 3.90. The molecule has 5 heterocycles. The normalized spacial score (nSPS) is 17.9. The van der Waals surface area contributed by atoms with E-state index in [9.17, 15) is 14.4 Å². The van der Waals surface area contributed by atoms with Crippen molar-refractivity contribution in [3.63, 3.8) is 0 Å². The number of aromatic nitrogens is 4. The zero-order chi connectivity index (χ0) is 26.4. The van der Waals surface area contributed by atoms with Crippen molar-refractivity contribution in [1.82, 2.24) is 29.2 Å². The molecule has 0 radical (unpaired) electrons. The number of carbonyl (C=O) groups excluding carboxylic acids is 3. The van der Waals surface area contributed by atoms with Gasteiger partial charge in [0.15, 0.2) is 11.6 Å². The second kappa shape index (κ2) is 9.21. The van der Waals surface area contributed by atoms with E-state index in [2.05, 4.69) is 21.9 Å². The number of rotatable bonds is 4. The minimum atomic E-state index is -0.356. The van der Waals surface area contributed by atoms with Crippen LogP contribution >= 0.6 is 0 Å². The fraction of sp³-hybridized carbons (Fsp3) is 0.269. The molecule has 4 N–H and O–H groups in total. The number of nitrogens with one attached hydrogen (secondary N) is 2. The number of piperazine rings is 1. The Bertz CT molecular complexity index is 1590. The van der Waals surface area contributed by atoms with Crippen molar-refractivity contribution in [1.29, 1.82) is 0 Å². The van der Waals surface area contributed by atoms with Crippen molar-refractivity contribution in [2.24, 2.45) is 0 Å². The van der Waals surface area contributed by atoms with Gasteiger partial charge in [0.2, 0.25) is 11.8 Å². The molecule has 0 bridgehead atoms. The summed E-state index contributed by atoms with van der Waals surface area (Å²) in [4.78, 5) is 55.6. The third-order valence-corrected chi connectivity index (χ3v) is 7.17. The summed E-state index contributed by atoms with van der Waals surface area (Å²) in [5.41, 5.74) is 8.30. The molecule has 0 spiro atoms. The van der Waals surface area contributed by atoms with E-state index in [0.717, 1.165) is 23.7 Å². The summed E-state index contributed by atoms with van der Waals surface area (Å²) in [5, 5.41) is 3.91. The topological polar surface area (TPSA) is 145 Å². The molecule has 12 nitrogen and oxygen atoms in total. The van der Waals surface area contributed by atoms with Crippen molar-refractivity contribution in [3.05, 3.63) is 61.3 Å². The molecule has 2 saturated heterocycles. The van der Waals surface area contributed by atoms with Gasteiger partial charge in [0, 0.05) is 49.4 Å². The summed E-state index contributed by atoms with van der Waals surface area (Å²) >= 11 is 0. The first kappa shape index (κ1) is 23.5. The van der Waals surface area contributed by atoms with Crippen LogP contribution in [0, 0.1) is 0 Å². The van der Waals surface area contributed by atoms with E-state index in [0.29, 0.717) is 35.9 Å². The Morgan fingerprint density at radius 3 is 2.89 bits per heavy atom. The molecule has 1 atom stereocenters. The summed E-state index contributed by atoms with van der Waals surface area (Å²) < 4.78 is 1.81. The molecular weight excluding hydrogens is 486 g/mol. The Labute approximate surface area is 217 Å². The quantitative estimate of drug-likeness (QED) is 0.358. The molecule has 4 aromatic rings. The van der Waals surface area contributed by atoms with Gasteiger partial charge in [0.1, 0.15) is 17.9 Å². The van der Waals surface area contributed by atoms with Crippen LogP contribution in [0.3, 0.4) is 0 Å². The number of likely N-dealkylation sites (tertiary alicyclic amines) is 1. The van der Waals surface area contributed by atoms with Gasteiger partial charge >= 0.3 is 6.03 Å². The molecule has 12 heteroatoms. The van der Waals surface area contributed by atoms with Gasteiger partial charge in [-0.1, -0.05) is 12.6 Å². The molecule has 3 aromatic heterocycles. The molecule has 4 amide bonds. The molecule has 38 heavy (non-hydrogen) atoms. The number of nitrogens with zero attached hydrogens (tertiary/aromatic N) is 6. The van der Waals surface area contributed by atoms with E-state index in [4.69, 9.17) is 10.7 Å². The number of H-pyrrole nitrogens is 1. The van der Waals surface area contributed by atoms with Crippen LogP contribution in [0.2, 0.25) is 0 Å². The first-order valence-electron chi connectivity index (χ1n) is 12.4. The van der Waals surface area contributed by atoms with Crippen molar-refractivity contribution < 1.29 is 14.4 Å². The van der Waals surface area contributed by atoms with Crippen LogP contribution < -0.4 is 16.0 Å². The molecule has 0 aliphatic carbocycles. The Morgan fingerprint density at radius 2 is 2.08 bits per heavy atom. The fourth-order valence-electron chi connectivity index (χ4n) is 5.31. The number of fused-ring (bicyclic) bond motifs is 2. The van der Waals surface area contributed by atoms with E-state index in [1.165, 1.54) is 11.0 Å². The number of hydrogen-bond donors (Lipinski definition) is 3. The smallest absolute Gasteiger partial charge is 0.322 e. The van der Waals surface area contributed by atoms with Crippen LogP contribution in [0.1, 0.15) is 24.7 Å². The van der Waals surface area contributed by atoms with Crippen molar-refractivity contribution >= 4 is 51.6 Å². The van der Waals surface area contributed by atoms with Gasteiger partial charge in [-0.25, -0.2) is 14.8 Å². The first-order chi connectivity index (χ1) is 18.4. The van der Waals surface area contributed by atoms with Crippen molar-refractivity contribution in [3.8, 4) is 0 Å². The maximum Gasteiger partial charge on any atom is 0.322 e. The highest BCUT2D eigenvalue weighted by Crippen LogP contribution is 2.36. The Hall–Kier alpha value is -4.87. The van der Waals surface area contributed by atoms with E-state index >= 15 is 0 Å². The average molecular weight is 514 g/mol. The zero-order valence-corrected chi connectivity index (χ0v) is 20.6. The minimum Gasteiger partial charge on any atom is -0.382 e. The van der Waals surface area contributed by atoms with Gasteiger partial charge in [0.25, 0.3) is 0 Å². The van der Waals surface area contributed by atoms with Gasteiger partial charge < -0.3 is 25.8 Å². The van der Waals surface area contributed by atoms with Crippen LogP contribution in [-0.2, 0) is 9.59 Å². The Balaban J connectivity index is 1.25. The van der Waals surface area contributed by atoms with Gasteiger partial charge in [-0.15, -0.1) is 0 Å². The molecule has 6 rings (SSSR count). The lowest BCUT2D eigenvalue weighted by Crippen LogP contribution is -2.53. The lowest BCUT2D eigenvalue weighted by Gasteiger charge is -2.33. The maximum atomic E-state index is 13.3. The van der Waals surface area contributed by atoms with Crippen LogP contribution in [-0.4, -0.2) is 73.2 Å². The highest BCUT2D eigenvalue weighted by molar-refractivity contribution is 6.03. The highest BCUT2D eigenvalue weighted by atomic mass is 16.2. The zero-order valence-electron chi connectivity index (χ0n) is 20.6. The van der Waals surface area contributed by atoms with Gasteiger partial charge in [-0.05, 0) is 42.5 Å². The van der Waals surface area contributed by atoms with Gasteiger partial charge in [-0.3, -0.25) is 18.9 Å². The molecule has 0 saturated carbocycles. The minimum absolute atomic E-state index is 0.115. The number of aromatic amines is 1. The summed E-state index contributed by atoms with van der Waals surface area (Å²) in [6.45, 7) is 4.65. The molecule has 2 aliphatic heterocycles. The molecule has 2 aliphatic rings. The second-order valence-corrected chi connectivity index (χ2v) is 9.40. The average Bonchev–Trinajstić information content (AvgIpc) is 3.66. The number of benzene rings is 1. The summed E-state index contributed by atoms with van der Waals surface area (Å²) in [5.74, 6) is 0.772. The van der Waals surface area contributed by atoms with Crippen LogP contribution in [0.15, 0.2) is 55.5 Å². The number of hydrogen-bond acceptors (Lipinski definition) is 6. The third-order valence-electron chi connectivity index (χ3n) is 7.17. The lowest BCUT2D eigenvalue weighted by molar-refractivity contribution is -0.127. The number of nitrogen functional groups attached to an aromatic ring is 1. The van der Waals surface area contributed by atoms with E-state index in [1.54, 1.807) is 26.6 Å². The standard InChI is InChI=1S/C26H27N9O3/c1-2-20(36)33-10-3-4-19(33)24-31-25(22-23(27)29-9-11-35(22)24)34-13-12-32(15-21(34)37)26(38)30-17-6-5-16-7-8-28-18(16)14-17/h2,5-9,11,14,19,28H,1,3-4,10,12-13,15H2,(H2,27,29)(H,30,38). The summed E-state index contributed by atoms with van der Waals surface area (Å²) in [6.07, 6.45) is 8.01. The van der Waals surface area contributed by atoms with E-state index in [-0.39, 0.29) is 42.8 Å². The number of imidazole rings is 1. The van der Waals surface area contributed by atoms with Gasteiger partial charge in [0.05, 0.1) is 6.04 Å². The molecule has 1 unspecified atom stereocenters. The number of anilines is 3. The van der Waals surface area contributed by atoms with Gasteiger partial charge in [-0.2, -0.15) is 0 Å². The van der Waals surface area contributed by atoms with Crippen molar-refractivity contribution in [2.45, 2.75) is 18.9 Å². The number of urea groups is 1. The Morgan fingerprint density at radius 1 is 1.21 bits per heavy atom. The first-order valence-corrected chi connectivity index (χ1v) is 12.4. The van der Waals surface area contributed by atoms with Crippen molar-refractivity contribution in [2.75, 3.05) is 42.1 Å². The molecule has 1 aromatic carbocycles. The number of carbonyl (C=O) groups is 3. The monoisotopic (exact) mass is 513 g/mol. The summed E-state index contributed by atoms with van der Waals surface area (Å²) in [6, 6.07) is 6.91. The number of amides is 4. The molecule has 2 fully saturated rings. The van der Waals surface area contributed by atoms with E-state index in [1.807, 2.05) is 30.5 Å². The summed E-state index contributed by atoms with van der Waals surface area (Å²) in [7, 11) is 0. The van der Waals surface area contributed by atoms with Crippen LogP contribution in [0.4, 0.5) is 22.1 Å². The van der Waals surface area contributed by atoms with Crippen LogP contribution in [0.5, 0.6) is 0 Å². The lowest BCUT2D eigenvalue weighted by atomic mass is 10.2. The molecule has 194 valence electrons. The fourth-order valence-corrected chi connectivity index (χ4v) is 5.31. The Kier molecular flexibility index (Phi) is 5.70. The predicted octanol–water partition coefficient (Wildman–Crippen LogP) is 2.52. The molecular formula is C26H27N9O3. The SMILES string of the molecule is C=CC(=O)N1CCCC1c1nc(N2CCN(C(=O)Nc3ccc4cc[nH]c4c3)CC2=O)c2c(N)nccn12. The second-order valence-electron chi connectivity index (χ2n) is 9.40.